The van der Waals surface area contributed by atoms with E-state index in [9.17, 15) is 18.0 Å². The molecule has 1 N–H and O–H groups in total. The maximum Gasteiger partial charge on any atom is 0.264 e. The number of amides is 2. The molecule has 6 nitrogen and oxygen atoms in total. The average molecular weight is 393 g/mol. The SMILES string of the molecule is Cc1ccc(S(=O)(=O)NC(=O)C2(C)CCN2C(=O)Cc2cccs2)cc1. The summed E-state index contributed by atoms with van der Waals surface area (Å²) >= 11 is 1.48. The van der Waals surface area contributed by atoms with E-state index in [0.717, 1.165) is 10.4 Å². The van der Waals surface area contributed by atoms with Crippen LogP contribution in [-0.4, -0.2) is 37.2 Å². The van der Waals surface area contributed by atoms with Gasteiger partial charge in [-0.15, -0.1) is 11.3 Å². The molecule has 0 spiro atoms. The van der Waals surface area contributed by atoms with Crippen LogP contribution >= 0.6 is 11.3 Å². The lowest BCUT2D eigenvalue weighted by atomic mass is 9.85. The molecule has 0 aliphatic carbocycles. The molecule has 1 atom stereocenters. The highest BCUT2D eigenvalue weighted by Crippen LogP contribution is 2.32. The van der Waals surface area contributed by atoms with Gasteiger partial charge < -0.3 is 4.90 Å². The lowest BCUT2D eigenvalue weighted by Gasteiger charge is -2.48. The van der Waals surface area contributed by atoms with Crippen LogP contribution in [0.15, 0.2) is 46.7 Å². The first-order valence-corrected chi connectivity index (χ1v) is 10.6. The van der Waals surface area contributed by atoms with Crippen LogP contribution < -0.4 is 4.72 Å². The molecule has 2 amide bonds. The number of benzene rings is 1. The molecule has 0 radical (unpaired) electrons. The molecular weight excluding hydrogens is 372 g/mol. The summed E-state index contributed by atoms with van der Waals surface area (Å²) in [6.07, 6.45) is 0.643. The van der Waals surface area contributed by atoms with E-state index < -0.39 is 21.5 Å². The predicted octanol–water partition coefficient (Wildman–Crippen LogP) is 2.10. The van der Waals surface area contributed by atoms with Gasteiger partial charge in [0.2, 0.25) is 5.91 Å². The highest BCUT2D eigenvalue weighted by Gasteiger charge is 2.50. The fraction of sp³-hybridized carbons (Fsp3) is 0.333. The van der Waals surface area contributed by atoms with Crippen LogP contribution in [0.4, 0.5) is 0 Å². The first-order valence-electron chi connectivity index (χ1n) is 8.19. The van der Waals surface area contributed by atoms with E-state index in [-0.39, 0.29) is 17.2 Å². The molecule has 138 valence electrons. The molecule has 1 aliphatic heterocycles. The van der Waals surface area contributed by atoms with Gasteiger partial charge in [0.15, 0.2) is 0 Å². The summed E-state index contributed by atoms with van der Waals surface area (Å²) < 4.78 is 27.0. The average Bonchev–Trinajstić information content (AvgIpc) is 3.05. The molecule has 1 saturated heterocycles. The monoisotopic (exact) mass is 392 g/mol. The van der Waals surface area contributed by atoms with Gasteiger partial charge in [0.05, 0.1) is 11.3 Å². The molecule has 1 unspecified atom stereocenters. The number of rotatable bonds is 5. The number of thiophene rings is 1. The lowest BCUT2D eigenvalue weighted by Crippen LogP contribution is -2.68. The third kappa shape index (κ3) is 3.52. The maximum atomic E-state index is 12.6. The van der Waals surface area contributed by atoms with E-state index >= 15 is 0 Å². The fourth-order valence-corrected chi connectivity index (χ4v) is 4.63. The summed E-state index contributed by atoms with van der Waals surface area (Å²) in [5.41, 5.74) is -0.224. The van der Waals surface area contributed by atoms with Crippen molar-refractivity contribution in [3.8, 4) is 0 Å². The topological polar surface area (TPSA) is 83.6 Å². The number of hydrogen-bond acceptors (Lipinski definition) is 5. The molecule has 1 aromatic heterocycles. The van der Waals surface area contributed by atoms with Crippen LogP contribution in [0.2, 0.25) is 0 Å². The van der Waals surface area contributed by atoms with E-state index in [1.165, 1.54) is 28.4 Å². The number of nitrogens with one attached hydrogen (secondary N) is 1. The third-order valence-electron chi connectivity index (χ3n) is 4.67. The third-order valence-corrected chi connectivity index (χ3v) is 6.90. The van der Waals surface area contributed by atoms with E-state index in [0.29, 0.717) is 13.0 Å². The van der Waals surface area contributed by atoms with Gasteiger partial charge in [-0.05, 0) is 43.8 Å². The normalized spacial score (nSPS) is 19.7. The van der Waals surface area contributed by atoms with E-state index in [1.807, 2.05) is 24.4 Å². The number of hydrogen-bond donors (Lipinski definition) is 1. The van der Waals surface area contributed by atoms with Gasteiger partial charge in [-0.3, -0.25) is 9.59 Å². The molecule has 1 aliphatic rings. The molecular formula is C18H20N2O4S2. The lowest BCUT2D eigenvalue weighted by molar-refractivity contribution is -0.156. The van der Waals surface area contributed by atoms with Gasteiger partial charge in [-0.25, -0.2) is 13.1 Å². The fourth-order valence-electron chi connectivity index (χ4n) is 2.86. The Morgan fingerprint density at radius 3 is 2.46 bits per heavy atom. The Morgan fingerprint density at radius 1 is 1.23 bits per heavy atom. The molecule has 1 fully saturated rings. The van der Waals surface area contributed by atoms with Crippen molar-refractivity contribution < 1.29 is 18.0 Å². The van der Waals surface area contributed by atoms with Gasteiger partial charge in [0, 0.05) is 11.4 Å². The second-order valence-electron chi connectivity index (χ2n) is 6.57. The molecule has 0 saturated carbocycles. The summed E-state index contributed by atoms with van der Waals surface area (Å²) in [7, 11) is -3.97. The van der Waals surface area contributed by atoms with Gasteiger partial charge in [0.1, 0.15) is 5.54 Å². The Morgan fingerprint density at radius 2 is 1.92 bits per heavy atom. The van der Waals surface area contributed by atoms with Gasteiger partial charge in [0.25, 0.3) is 15.9 Å². The maximum absolute atomic E-state index is 12.6. The first kappa shape index (κ1) is 18.6. The molecule has 8 heteroatoms. The second kappa shape index (κ2) is 6.85. The van der Waals surface area contributed by atoms with Crippen LogP contribution in [0, 0.1) is 6.92 Å². The minimum atomic E-state index is -3.97. The zero-order valence-corrected chi connectivity index (χ0v) is 16.2. The van der Waals surface area contributed by atoms with E-state index in [4.69, 9.17) is 0 Å². The summed E-state index contributed by atoms with van der Waals surface area (Å²) in [6, 6.07) is 9.97. The predicted molar refractivity (Wildman–Crippen MR) is 99.3 cm³/mol. The molecule has 0 bridgehead atoms. The standard InChI is InChI=1S/C18H20N2O4S2/c1-13-5-7-15(8-6-13)26(23,24)19-17(22)18(2)9-10-20(18)16(21)12-14-4-3-11-25-14/h3-8,11H,9-10,12H2,1-2H3,(H,19,22). The van der Waals surface area contributed by atoms with Crippen molar-refractivity contribution in [2.24, 2.45) is 0 Å². The number of nitrogens with zero attached hydrogens (tertiary/aromatic N) is 1. The first-order chi connectivity index (χ1) is 12.2. The molecule has 1 aromatic carbocycles. The Hall–Kier alpha value is -2.19. The summed E-state index contributed by atoms with van der Waals surface area (Å²) in [6.45, 7) is 3.89. The van der Waals surface area contributed by atoms with Crippen molar-refractivity contribution in [1.82, 2.24) is 9.62 Å². The van der Waals surface area contributed by atoms with Crippen LogP contribution in [0.5, 0.6) is 0 Å². The smallest absolute Gasteiger partial charge is 0.264 e. The van der Waals surface area contributed by atoms with Crippen molar-refractivity contribution in [3.05, 3.63) is 52.2 Å². The Bertz CT molecular complexity index is 921. The summed E-state index contributed by atoms with van der Waals surface area (Å²) in [5, 5.41) is 1.89. The van der Waals surface area contributed by atoms with Gasteiger partial charge in [-0.2, -0.15) is 0 Å². The number of carbonyl (C=O) groups is 2. The van der Waals surface area contributed by atoms with Crippen LogP contribution in [0.3, 0.4) is 0 Å². The van der Waals surface area contributed by atoms with E-state index in [2.05, 4.69) is 4.72 Å². The van der Waals surface area contributed by atoms with Gasteiger partial charge >= 0.3 is 0 Å². The highest BCUT2D eigenvalue weighted by molar-refractivity contribution is 7.90. The van der Waals surface area contributed by atoms with Crippen LogP contribution in [0.1, 0.15) is 23.8 Å². The second-order valence-corrected chi connectivity index (χ2v) is 9.29. The Balaban J connectivity index is 1.72. The summed E-state index contributed by atoms with van der Waals surface area (Å²) in [5.74, 6) is -0.854. The number of carbonyl (C=O) groups excluding carboxylic acids is 2. The minimum Gasteiger partial charge on any atom is -0.328 e. The van der Waals surface area contributed by atoms with E-state index in [1.54, 1.807) is 19.1 Å². The zero-order valence-electron chi connectivity index (χ0n) is 14.6. The van der Waals surface area contributed by atoms with Crippen molar-refractivity contribution in [2.75, 3.05) is 6.54 Å². The largest absolute Gasteiger partial charge is 0.328 e. The number of aryl methyl sites for hydroxylation is 1. The van der Waals surface area contributed by atoms with Crippen LogP contribution in [-0.2, 0) is 26.0 Å². The highest BCUT2D eigenvalue weighted by atomic mass is 32.2. The zero-order chi connectivity index (χ0) is 18.9. The quantitative estimate of drug-likeness (QED) is 0.845. The van der Waals surface area contributed by atoms with Crippen LogP contribution in [0.25, 0.3) is 0 Å². The van der Waals surface area contributed by atoms with Crippen molar-refractivity contribution in [3.63, 3.8) is 0 Å². The molecule has 2 aromatic rings. The van der Waals surface area contributed by atoms with Gasteiger partial charge in [-0.1, -0.05) is 23.8 Å². The molecule has 3 rings (SSSR count). The Kier molecular flexibility index (Phi) is 4.90. The molecule has 2 heterocycles. The summed E-state index contributed by atoms with van der Waals surface area (Å²) in [4.78, 5) is 27.5. The van der Waals surface area contributed by atoms with Crippen molar-refractivity contribution in [2.45, 2.75) is 37.1 Å². The Labute approximate surface area is 156 Å². The molecule has 26 heavy (non-hydrogen) atoms. The van der Waals surface area contributed by atoms with Crippen molar-refractivity contribution >= 4 is 33.2 Å². The number of sulfonamides is 1. The number of likely N-dealkylation sites (tertiary alicyclic amines) is 1. The van der Waals surface area contributed by atoms with Crippen molar-refractivity contribution in [1.29, 1.82) is 0 Å². The minimum absolute atomic E-state index is 0.0239.